The molecule has 1 aliphatic heterocycles. The summed E-state index contributed by atoms with van der Waals surface area (Å²) in [5.74, 6) is -3.09. The molecule has 0 unspecified atom stereocenters. The fourth-order valence-electron chi connectivity index (χ4n) is 4.49. The number of amides is 2. The molecule has 2 N–H and O–H groups in total. The largest absolute Gasteiger partial charge is 0.361 e. The van der Waals surface area contributed by atoms with Crippen molar-refractivity contribution in [3.63, 3.8) is 0 Å². The minimum atomic E-state index is -0.865. The van der Waals surface area contributed by atoms with Gasteiger partial charge in [0.2, 0.25) is 5.91 Å². The molecule has 5 nitrogen and oxygen atoms in total. The minimum Gasteiger partial charge on any atom is -0.361 e. The Hall–Kier alpha value is -4.00. The molecule has 0 aliphatic carbocycles. The van der Waals surface area contributed by atoms with Crippen molar-refractivity contribution in [1.29, 1.82) is 0 Å². The summed E-state index contributed by atoms with van der Waals surface area (Å²) in [4.78, 5) is 31.4. The van der Waals surface area contributed by atoms with E-state index in [2.05, 4.69) is 10.3 Å². The summed E-state index contributed by atoms with van der Waals surface area (Å²) in [7, 11) is 1.66. The summed E-state index contributed by atoms with van der Waals surface area (Å²) in [6.07, 6.45) is 1.80. The predicted molar refractivity (Wildman–Crippen MR) is 117 cm³/mol. The molecule has 1 aliphatic rings. The average molecular weight is 431 g/mol. The molecular formula is C25H19F2N3O2. The number of rotatable bonds is 3. The molecule has 0 bridgehead atoms. The molecule has 2 amide bonds. The molecule has 0 radical (unpaired) electrons. The van der Waals surface area contributed by atoms with Crippen molar-refractivity contribution in [3.8, 4) is 0 Å². The number of benzene rings is 3. The number of aromatic amines is 1. The van der Waals surface area contributed by atoms with Crippen LogP contribution in [0.25, 0.3) is 10.9 Å². The highest BCUT2D eigenvalue weighted by molar-refractivity contribution is 6.05. The summed E-state index contributed by atoms with van der Waals surface area (Å²) in [5, 5.41) is 3.49. The van der Waals surface area contributed by atoms with Gasteiger partial charge in [0.25, 0.3) is 5.91 Å². The van der Waals surface area contributed by atoms with Gasteiger partial charge in [0.15, 0.2) is 0 Å². The third-order valence-electron chi connectivity index (χ3n) is 5.99. The monoisotopic (exact) mass is 431 g/mol. The Morgan fingerprint density at radius 1 is 1.00 bits per heavy atom. The van der Waals surface area contributed by atoms with Gasteiger partial charge in [0.1, 0.15) is 11.6 Å². The fraction of sp³-hybridized carbons (Fsp3) is 0.120. The Morgan fingerprint density at radius 2 is 1.75 bits per heavy atom. The lowest BCUT2D eigenvalue weighted by molar-refractivity contribution is -0.119. The number of fused-ring (bicyclic) bond motifs is 2. The van der Waals surface area contributed by atoms with E-state index in [9.17, 15) is 18.4 Å². The lowest BCUT2D eigenvalue weighted by Crippen LogP contribution is -2.44. The topological polar surface area (TPSA) is 65.2 Å². The first kappa shape index (κ1) is 19.9. The van der Waals surface area contributed by atoms with Crippen molar-refractivity contribution >= 4 is 28.4 Å². The molecular weight excluding hydrogens is 412 g/mol. The van der Waals surface area contributed by atoms with Gasteiger partial charge >= 0.3 is 0 Å². The number of halogens is 2. The molecule has 7 heteroatoms. The fourth-order valence-corrected chi connectivity index (χ4v) is 4.49. The Bertz CT molecular complexity index is 1360. The van der Waals surface area contributed by atoms with E-state index in [1.165, 1.54) is 6.07 Å². The first-order valence-electron chi connectivity index (χ1n) is 10.1. The summed E-state index contributed by atoms with van der Waals surface area (Å²) in [6, 6.07) is 16.9. The molecule has 0 saturated heterocycles. The van der Waals surface area contributed by atoms with Gasteiger partial charge in [-0.1, -0.05) is 36.4 Å². The summed E-state index contributed by atoms with van der Waals surface area (Å²) >= 11 is 0. The van der Waals surface area contributed by atoms with Gasteiger partial charge in [-0.15, -0.1) is 0 Å². The van der Waals surface area contributed by atoms with Crippen molar-refractivity contribution in [2.75, 3.05) is 12.4 Å². The number of nitrogens with zero attached hydrogens (tertiary/aromatic N) is 1. The van der Waals surface area contributed by atoms with Crippen LogP contribution in [-0.2, 0) is 4.79 Å². The van der Waals surface area contributed by atoms with E-state index in [1.807, 2.05) is 24.3 Å². The number of aromatic nitrogens is 1. The molecule has 2 atom stereocenters. The van der Waals surface area contributed by atoms with Crippen LogP contribution in [0.3, 0.4) is 0 Å². The van der Waals surface area contributed by atoms with Crippen LogP contribution in [-0.4, -0.2) is 28.7 Å². The Balaban J connectivity index is 1.65. The summed E-state index contributed by atoms with van der Waals surface area (Å²) in [5.41, 5.74) is 2.53. The molecule has 0 saturated carbocycles. The predicted octanol–water partition coefficient (Wildman–Crippen LogP) is 5.00. The molecule has 0 fully saturated rings. The van der Waals surface area contributed by atoms with Crippen molar-refractivity contribution < 1.29 is 18.4 Å². The van der Waals surface area contributed by atoms with Gasteiger partial charge in [0, 0.05) is 41.3 Å². The normalized spacial score (nSPS) is 18.0. The van der Waals surface area contributed by atoms with Crippen LogP contribution < -0.4 is 5.32 Å². The van der Waals surface area contributed by atoms with Crippen LogP contribution in [0.2, 0.25) is 0 Å². The first-order chi connectivity index (χ1) is 15.5. The van der Waals surface area contributed by atoms with Crippen LogP contribution in [0.4, 0.5) is 14.5 Å². The van der Waals surface area contributed by atoms with Gasteiger partial charge in [-0.05, 0) is 29.8 Å². The first-order valence-corrected chi connectivity index (χ1v) is 10.1. The highest BCUT2D eigenvalue weighted by Crippen LogP contribution is 2.44. The molecule has 2 heterocycles. The van der Waals surface area contributed by atoms with Crippen LogP contribution in [0.1, 0.15) is 33.4 Å². The highest BCUT2D eigenvalue weighted by atomic mass is 19.1. The van der Waals surface area contributed by atoms with Crippen LogP contribution in [0.5, 0.6) is 0 Å². The van der Waals surface area contributed by atoms with Gasteiger partial charge < -0.3 is 15.2 Å². The van der Waals surface area contributed by atoms with Gasteiger partial charge in [-0.25, -0.2) is 8.78 Å². The summed E-state index contributed by atoms with van der Waals surface area (Å²) < 4.78 is 27.6. The molecule has 3 aromatic carbocycles. The number of H-pyrrole nitrogens is 1. The van der Waals surface area contributed by atoms with Crippen LogP contribution in [0, 0.1) is 11.6 Å². The summed E-state index contributed by atoms with van der Waals surface area (Å²) in [6.45, 7) is 0. The lowest BCUT2D eigenvalue weighted by Gasteiger charge is -2.39. The van der Waals surface area contributed by atoms with Crippen LogP contribution in [0.15, 0.2) is 72.9 Å². The number of carbonyl (C=O) groups is 2. The number of para-hydroxylation sites is 1. The Kier molecular flexibility index (Phi) is 4.74. The molecule has 32 heavy (non-hydrogen) atoms. The maximum Gasteiger partial charge on any atom is 0.254 e. The number of carbonyl (C=O) groups excluding carboxylic acids is 2. The van der Waals surface area contributed by atoms with Gasteiger partial charge in [-0.2, -0.15) is 0 Å². The van der Waals surface area contributed by atoms with Crippen LogP contribution >= 0.6 is 0 Å². The second-order valence-electron chi connectivity index (χ2n) is 7.83. The Morgan fingerprint density at radius 3 is 2.56 bits per heavy atom. The van der Waals surface area contributed by atoms with E-state index in [-0.39, 0.29) is 11.6 Å². The second-order valence-corrected chi connectivity index (χ2v) is 7.83. The number of nitrogens with one attached hydrogen (secondary N) is 2. The molecule has 0 spiro atoms. The van der Waals surface area contributed by atoms with Gasteiger partial charge in [0.05, 0.1) is 17.6 Å². The highest BCUT2D eigenvalue weighted by Gasteiger charge is 2.43. The standard InChI is InChI=1S/C25H19F2N3O2/c1-30-23(18-13-28-20-9-5-4-6-15(18)20)22(16-7-2-3-8-17(16)25(30)32)24(31)29-21-11-10-14(26)12-19(21)27/h2-13,22-23,28H,1H3,(H,29,31)/t22-,23-/m0/s1. The molecule has 1 aromatic heterocycles. The zero-order chi connectivity index (χ0) is 22.4. The Labute approximate surface area is 182 Å². The smallest absolute Gasteiger partial charge is 0.254 e. The van der Waals surface area contributed by atoms with Gasteiger partial charge in [-0.3, -0.25) is 9.59 Å². The maximum atomic E-state index is 14.3. The average Bonchev–Trinajstić information content (AvgIpc) is 3.21. The number of anilines is 1. The van der Waals surface area contributed by atoms with E-state index in [0.717, 1.165) is 28.6 Å². The zero-order valence-corrected chi connectivity index (χ0v) is 17.1. The maximum absolute atomic E-state index is 14.3. The lowest BCUT2D eigenvalue weighted by atomic mass is 9.79. The van der Waals surface area contributed by atoms with Crippen molar-refractivity contribution in [1.82, 2.24) is 9.88 Å². The minimum absolute atomic E-state index is 0.119. The zero-order valence-electron chi connectivity index (χ0n) is 17.1. The third-order valence-corrected chi connectivity index (χ3v) is 5.99. The quantitative estimate of drug-likeness (QED) is 0.480. The van der Waals surface area contributed by atoms with Crippen molar-refractivity contribution in [3.05, 3.63) is 101 Å². The second kappa shape index (κ2) is 7.60. The van der Waals surface area contributed by atoms with E-state index >= 15 is 0 Å². The third kappa shape index (κ3) is 3.13. The van der Waals surface area contributed by atoms with E-state index in [0.29, 0.717) is 11.1 Å². The number of hydrogen-bond acceptors (Lipinski definition) is 2. The SMILES string of the molecule is CN1C(=O)c2ccccc2[C@H](C(=O)Nc2ccc(F)cc2F)[C@@H]1c1c[nH]c2ccccc12. The van der Waals surface area contributed by atoms with Crippen molar-refractivity contribution in [2.24, 2.45) is 0 Å². The molecule has 4 aromatic rings. The van der Waals surface area contributed by atoms with E-state index in [4.69, 9.17) is 0 Å². The molecule has 160 valence electrons. The number of likely N-dealkylation sites (N-methyl/N-ethyl adjacent to an activating group) is 1. The van der Waals surface area contributed by atoms with Crippen molar-refractivity contribution in [2.45, 2.75) is 12.0 Å². The molecule has 5 rings (SSSR count). The van der Waals surface area contributed by atoms with E-state index in [1.54, 1.807) is 42.4 Å². The van der Waals surface area contributed by atoms with E-state index < -0.39 is 29.5 Å². The number of hydrogen-bond donors (Lipinski definition) is 2.